The molecule has 6 nitrogen and oxygen atoms in total. The van der Waals surface area contributed by atoms with Gasteiger partial charge in [-0.3, -0.25) is 9.59 Å². The number of carbonyl (C=O) groups excluding carboxylic acids is 2. The van der Waals surface area contributed by atoms with Crippen LogP contribution in [0.3, 0.4) is 0 Å². The van der Waals surface area contributed by atoms with Gasteiger partial charge in [-0.2, -0.15) is 5.26 Å². The first-order chi connectivity index (χ1) is 12.9. The van der Waals surface area contributed by atoms with Gasteiger partial charge in [0.1, 0.15) is 12.6 Å². The minimum atomic E-state index is -0.426. The van der Waals surface area contributed by atoms with E-state index in [0.29, 0.717) is 12.3 Å². The highest BCUT2D eigenvalue weighted by Gasteiger charge is 2.21. The van der Waals surface area contributed by atoms with Crippen molar-refractivity contribution in [3.8, 4) is 17.2 Å². The van der Waals surface area contributed by atoms with E-state index in [9.17, 15) is 9.59 Å². The van der Waals surface area contributed by atoms with Crippen LogP contribution in [0, 0.1) is 17.2 Å². The summed E-state index contributed by atoms with van der Waals surface area (Å²) in [5.41, 5.74) is 3.50. The maximum atomic E-state index is 12.4. The number of anilines is 2. The summed E-state index contributed by atoms with van der Waals surface area (Å²) in [6.45, 7) is 5.57. The lowest BCUT2D eigenvalue weighted by Gasteiger charge is -2.21. The van der Waals surface area contributed by atoms with Crippen molar-refractivity contribution in [1.82, 2.24) is 5.32 Å². The third kappa shape index (κ3) is 6.12. The zero-order valence-electron chi connectivity index (χ0n) is 15.7. The lowest BCUT2D eigenvalue weighted by atomic mass is 10.0. The van der Waals surface area contributed by atoms with Gasteiger partial charge in [0.25, 0.3) is 0 Å². The minimum Gasteiger partial charge on any atom is -0.372 e. The Kier molecular flexibility index (Phi) is 7.38. The average Bonchev–Trinajstić information content (AvgIpc) is 3.06. The van der Waals surface area contributed by atoms with Crippen molar-refractivity contribution in [2.24, 2.45) is 5.92 Å². The Labute approximate surface area is 163 Å². The van der Waals surface area contributed by atoms with Crippen molar-refractivity contribution in [1.29, 1.82) is 5.26 Å². The van der Waals surface area contributed by atoms with Gasteiger partial charge in [0.15, 0.2) is 0 Å². The van der Waals surface area contributed by atoms with Gasteiger partial charge in [0.2, 0.25) is 11.8 Å². The molecule has 0 bridgehead atoms. The van der Waals surface area contributed by atoms with Gasteiger partial charge >= 0.3 is 0 Å². The van der Waals surface area contributed by atoms with Crippen LogP contribution < -0.4 is 16.0 Å². The summed E-state index contributed by atoms with van der Waals surface area (Å²) >= 11 is 1.54. The Balaban J connectivity index is 2.25. The second-order valence-electron chi connectivity index (χ2n) is 6.66. The van der Waals surface area contributed by atoms with Crippen molar-refractivity contribution in [2.45, 2.75) is 33.2 Å². The molecule has 0 aliphatic carbocycles. The normalized spacial score (nSPS) is 11.5. The first-order valence-corrected chi connectivity index (χ1v) is 9.70. The van der Waals surface area contributed by atoms with Crippen LogP contribution in [0.4, 0.5) is 11.4 Å². The Morgan fingerprint density at radius 3 is 2.70 bits per heavy atom. The number of nitriles is 1. The van der Waals surface area contributed by atoms with Crippen LogP contribution in [0.1, 0.15) is 27.2 Å². The highest BCUT2D eigenvalue weighted by atomic mass is 32.1. The van der Waals surface area contributed by atoms with Gasteiger partial charge in [-0.25, -0.2) is 0 Å². The molecule has 1 aromatic carbocycles. The molecule has 0 unspecified atom stereocenters. The zero-order valence-corrected chi connectivity index (χ0v) is 16.5. The molecule has 1 aromatic heterocycles. The summed E-state index contributed by atoms with van der Waals surface area (Å²) in [6, 6.07) is 9.09. The molecule has 3 N–H and O–H groups in total. The Hall–Kier alpha value is -2.85. The number of rotatable bonds is 8. The number of hydrogen-bond acceptors (Lipinski definition) is 5. The molecule has 0 aliphatic heterocycles. The van der Waals surface area contributed by atoms with Crippen LogP contribution >= 0.6 is 11.3 Å². The zero-order chi connectivity index (χ0) is 19.8. The van der Waals surface area contributed by atoms with E-state index in [4.69, 9.17) is 5.26 Å². The van der Waals surface area contributed by atoms with Crippen molar-refractivity contribution in [3.05, 3.63) is 35.0 Å². The standard InChI is InChI=1S/C20H24N4O2S/c1-13(2)9-18(20(26)22-8-7-21)24-19-12-27-11-17(19)15-5-4-6-16(10-15)23-14(3)25/h4-6,10-13,18,24H,8-9H2,1-3H3,(H,22,26)(H,23,25)/t18-/m0/s1. The predicted molar refractivity (Wildman–Crippen MR) is 110 cm³/mol. The van der Waals surface area contributed by atoms with Crippen LogP contribution in [-0.2, 0) is 9.59 Å². The van der Waals surface area contributed by atoms with E-state index in [1.165, 1.54) is 18.3 Å². The quantitative estimate of drug-likeness (QED) is 0.603. The van der Waals surface area contributed by atoms with E-state index < -0.39 is 6.04 Å². The lowest BCUT2D eigenvalue weighted by molar-refractivity contribution is -0.122. The third-order valence-corrected chi connectivity index (χ3v) is 4.59. The van der Waals surface area contributed by atoms with Gasteiger partial charge in [-0.15, -0.1) is 11.3 Å². The number of amides is 2. The largest absolute Gasteiger partial charge is 0.372 e. The van der Waals surface area contributed by atoms with Gasteiger partial charge in [-0.1, -0.05) is 26.0 Å². The number of carbonyl (C=O) groups is 2. The van der Waals surface area contributed by atoms with Crippen LogP contribution in [0.15, 0.2) is 35.0 Å². The maximum absolute atomic E-state index is 12.4. The molecule has 2 amide bonds. The highest BCUT2D eigenvalue weighted by Crippen LogP contribution is 2.34. The molecule has 1 atom stereocenters. The van der Waals surface area contributed by atoms with Crippen LogP contribution in [0.2, 0.25) is 0 Å². The molecule has 0 saturated carbocycles. The molecular weight excluding hydrogens is 360 g/mol. The molecular formula is C20H24N4O2S. The molecule has 2 rings (SSSR count). The molecule has 0 aliphatic rings. The number of thiophene rings is 1. The topological polar surface area (TPSA) is 94.0 Å². The van der Waals surface area contributed by atoms with Crippen molar-refractivity contribution >= 4 is 34.5 Å². The van der Waals surface area contributed by atoms with E-state index in [1.807, 2.05) is 41.1 Å². The first-order valence-electron chi connectivity index (χ1n) is 8.76. The smallest absolute Gasteiger partial charge is 0.243 e. The Morgan fingerprint density at radius 1 is 1.26 bits per heavy atom. The number of nitrogens with one attached hydrogen (secondary N) is 3. The summed E-state index contributed by atoms with van der Waals surface area (Å²) in [7, 11) is 0. The fourth-order valence-electron chi connectivity index (χ4n) is 2.74. The third-order valence-electron chi connectivity index (χ3n) is 3.85. The van der Waals surface area contributed by atoms with E-state index in [-0.39, 0.29) is 18.4 Å². The number of hydrogen-bond donors (Lipinski definition) is 3. The van der Waals surface area contributed by atoms with Gasteiger partial charge in [0, 0.05) is 28.9 Å². The summed E-state index contributed by atoms with van der Waals surface area (Å²) in [5.74, 6) is 0.0110. The predicted octanol–water partition coefficient (Wildman–Crippen LogP) is 3.84. The molecule has 0 fully saturated rings. The number of benzene rings is 1. The minimum absolute atomic E-state index is 0.00956. The molecule has 0 saturated heterocycles. The maximum Gasteiger partial charge on any atom is 0.243 e. The van der Waals surface area contributed by atoms with Gasteiger partial charge in [0.05, 0.1) is 11.8 Å². The van der Waals surface area contributed by atoms with Crippen LogP contribution in [0.25, 0.3) is 11.1 Å². The molecule has 27 heavy (non-hydrogen) atoms. The van der Waals surface area contributed by atoms with Crippen molar-refractivity contribution < 1.29 is 9.59 Å². The van der Waals surface area contributed by atoms with E-state index in [1.54, 1.807) is 0 Å². The molecule has 0 spiro atoms. The van der Waals surface area contributed by atoms with Gasteiger partial charge in [-0.05, 0) is 30.0 Å². The molecule has 1 heterocycles. The first kappa shape index (κ1) is 20.5. The summed E-state index contributed by atoms with van der Waals surface area (Å²) in [6.07, 6.45) is 0.651. The SMILES string of the molecule is CC(=O)Nc1cccc(-c2cscc2N[C@@H](CC(C)C)C(=O)NCC#N)c1. The highest BCUT2D eigenvalue weighted by molar-refractivity contribution is 7.08. The molecule has 7 heteroatoms. The van der Waals surface area contributed by atoms with E-state index >= 15 is 0 Å². The second-order valence-corrected chi connectivity index (χ2v) is 7.41. The van der Waals surface area contributed by atoms with E-state index in [0.717, 1.165) is 22.5 Å². The fourth-order valence-corrected chi connectivity index (χ4v) is 3.54. The Morgan fingerprint density at radius 2 is 2.04 bits per heavy atom. The van der Waals surface area contributed by atoms with Crippen LogP contribution in [-0.4, -0.2) is 24.4 Å². The monoisotopic (exact) mass is 384 g/mol. The second kappa shape index (κ2) is 9.74. The Bertz CT molecular complexity index is 839. The van der Waals surface area contributed by atoms with Crippen molar-refractivity contribution in [2.75, 3.05) is 17.2 Å². The van der Waals surface area contributed by atoms with Crippen molar-refractivity contribution in [3.63, 3.8) is 0 Å². The molecule has 142 valence electrons. The van der Waals surface area contributed by atoms with Gasteiger partial charge < -0.3 is 16.0 Å². The summed E-state index contributed by atoms with van der Waals surface area (Å²) in [5, 5.41) is 21.4. The van der Waals surface area contributed by atoms with Crippen LogP contribution in [0.5, 0.6) is 0 Å². The molecule has 0 radical (unpaired) electrons. The average molecular weight is 385 g/mol. The van der Waals surface area contributed by atoms with E-state index in [2.05, 4.69) is 29.8 Å². The molecule has 2 aromatic rings. The lowest BCUT2D eigenvalue weighted by Crippen LogP contribution is -2.40. The fraction of sp³-hybridized carbons (Fsp3) is 0.350. The summed E-state index contributed by atoms with van der Waals surface area (Å²) < 4.78 is 0. The number of nitrogens with zero attached hydrogens (tertiary/aromatic N) is 1. The summed E-state index contributed by atoms with van der Waals surface area (Å²) in [4.78, 5) is 23.7.